The Balaban J connectivity index is 2.36. The minimum absolute atomic E-state index is 0.111. The number of nitrogens with two attached hydrogens (primary N) is 1. The normalized spacial score (nSPS) is 20.4. The van der Waals surface area contributed by atoms with Gasteiger partial charge in [0.2, 0.25) is 0 Å². The zero-order valence-corrected chi connectivity index (χ0v) is 8.55. The number of alkyl halides is 3. The van der Waals surface area contributed by atoms with Crippen LogP contribution in [-0.4, -0.2) is 6.36 Å². The van der Waals surface area contributed by atoms with Crippen LogP contribution in [0, 0.1) is 0 Å². The predicted molar refractivity (Wildman–Crippen MR) is 53.0 cm³/mol. The van der Waals surface area contributed by atoms with Gasteiger partial charge in [0.15, 0.2) is 0 Å². The van der Waals surface area contributed by atoms with Crippen molar-refractivity contribution < 1.29 is 17.9 Å². The Labute approximate surface area is 91.2 Å². The summed E-state index contributed by atoms with van der Waals surface area (Å²) in [4.78, 5) is 0. The fraction of sp³-hybridized carbons (Fsp3) is 0.455. The second-order valence-corrected chi connectivity index (χ2v) is 3.87. The van der Waals surface area contributed by atoms with Crippen LogP contribution in [-0.2, 0) is 6.42 Å². The lowest BCUT2D eigenvalue weighted by Crippen LogP contribution is -2.22. The third-order valence-corrected chi connectivity index (χ3v) is 2.74. The van der Waals surface area contributed by atoms with Gasteiger partial charge in [-0.2, -0.15) is 0 Å². The van der Waals surface area contributed by atoms with Gasteiger partial charge in [-0.15, -0.1) is 13.2 Å². The minimum atomic E-state index is -4.64. The van der Waals surface area contributed by atoms with Gasteiger partial charge in [-0.1, -0.05) is 12.1 Å². The summed E-state index contributed by atoms with van der Waals surface area (Å²) in [6.07, 6.45) is -2.44. The zero-order valence-electron chi connectivity index (χ0n) is 8.55. The number of ether oxygens (including phenoxy) is 1. The minimum Gasteiger partial charge on any atom is -0.405 e. The van der Waals surface area contributed by atoms with E-state index >= 15 is 0 Å². The largest absolute Gasteiger partial charge is 0.573 e. The lowest BCUT2D eigenvalue weighted by Gasteiger charge is -2.24. The summed E-state index contributed by atoms with van der Waals surface area (Å²) in [6, 6.07) is 4.47. The van der Waals surface area contributed by atoms with Crippen LogP contribution in [0.3, 0.4) is 0 Å². The van der Waals surface area contributed by atoms with Gasteiger partial charge in [0.05, 0.1) is 0 Å². The first kappa shape index (κ1) is 11.3. The standard InChI is InChI=1S/C11H12F3NO/c12-11(13,14)16-10-6-2-3-7-8(10)4-1-5-9(7)15/h2-3,6,9H,1,4-5,15H2. The SMILES string of the molecule is NC1CCCc2c(OC(F)(F)F)cccc21. The van der Waals surface area contributed by atoms with Gasteiger partial charge in [-0.25, -0.2) is 0 Å². The van der Waals surface area contributed by atoms with Crippen molar-refractivity contribution in [2.45, 2.75) is 31.7 Å². The van der Waals surface area contributed by atoms with E-state index in [9.17, 15) is 13.2 Å². The third kappa shape index (κ3) is 2.29. The maximum absolute atomic E-state index is 12.2. The van der Waals surface area contributed by atoms with Crippen LogP contribution in [0.4, 0.5) is 13.2 Å². The first-order valence-corrected chi connectivity index (χ1v) is 5.10. The number of benzene rings is 1. The molecule has 1 atom stereocenters. The first-order chi connectivity index (χ1) is 7.47. The van der Waals surface area contributed by atoms with Crippen molar-refractivity contribution in [2.75, 3.05) is 0 Å². The highest BCUT2D eigenvalue weighted by Crippen LogP contribution is 2.36. The first-order valence-electron chi connectivity index (χ1n) is 5.10. The molecule has 1 aliphatic carbocycles. The molecule has 1 unspecified atom stereocenters. The molecule has 0 radical (unpaired) electrons. The van der Waals surface area contributed by atoms with Gasteiger partial charge in [-0.05, 0) is 36.5 Å². The Bertz CT molecular complexity index is 389. The van der Waals surface area contributed by atoms with Crippen LogP contribution < -0.4 is 10.5 Å². The van der Waals surface area contributed by atoms with Crippen molar-refractivity contribution in [3.8, 4) is 5.75 Å². The molecule has 0 aliphatic heterocycles. The maximum Gasteiger partial charge on any atom is 0.573 e. The van der Waals surface area contributed by atoms with E-state index in [1.54, 1.807) is 12.1 Å². The highest BCUT2D eigenvalue weighted by molar-refractivity contribution is 5.43. The molecular weight excluding hydrogens is 219 g/mol. The van der Waals surface area contributed by atoms with Crippen molar-refractivity contribution in [1.29, 1.82) is 0 Å². The summed E-state index contributed by atoms with van der Waals surface area (Å²) in [6.45, 7) is 0. The summed E-state index contributed by atoms with van der Waals surface area (Å²) in [7, 11) is 0. The van der Waals surface area contributed by atoms with E-state index in [0.29, 0.717) is 12.0 Å². The van der Waals surface area contributed by atoms with Gasteiger partial charge in [0.1, 0.15) is 5.75 Å². The molecule has 1 aromatic carbocycles. The lowest BCUT2D eigenvalue weighted by molar-refractivity contribution is -0.274. The van der Waals surface area contributed by atoms with Gasteiger partial charge in [-0.3, -0.25) is 0 Å². The second-order valence-electron chi connectivity index (χ2n) is 3.87. The average molecular weight is 231 g/mol. The fourth-order valence-electron chi connectivity index (χ4n) is 2.07. The molecule has 1 aliphatic rings. The molecule has 0 saturated carbocycles. The maximum atomic E-state index is 12.2. The van der Waals surface area contributed by atoms with E-state index in [1.807, 2.05) is 0 Å². The summed E-state index contributed by atoms with van der Waals surface area (Å²) in [5.74, 6) is -0.111. The molecule has 5 heteroatoms. The van der Waals surface area contributed by atoms with Crippen LogP contribution in [0.1, 0.15) is 30.0 Å². The monoisotopic (exact) mass is 231 g/mol. The summed E-state index contributed by atoms with van der Waals surface area (Å²) in [5.41, 5.74) is 7.21. The quantitative estimate of drug-likeness (QED) is 0.806. The van der Waals surface area contributed by atoms with Crippen molar-refractivity contribution in [1.82, 2.24) is 0 Å². The average Bonchev–Trinajstić information content (AvgIpc) is 2.17. The van der Waals surface area contributed by atoms with Crippen LogP contribution in [0.25, 0.3) is 0 Å². The molecule has 0 spiro atoms. The Hall–Kier alpha value is -1.23. The lowest BCUT2D eigenvalue weighted by atomic mass is 9.88. The van der Waals surface area contributed by atoms with E-state index in [2.05, 4.69) is 4.74 Å². The van der Waals surface area contributed by atoms with Gasteiger partial charge in [0, 0.05) is 6.04 Å². The van der Waals surface area contributed by atoms with Crippen molar-refractivity contribution >= 4 is 0 Å². The van der Waals surface area contributed by atoms with E-state index in [4.69, 9.17) is 5.73 Å². The van der Waals surface area contributed by atoms with Crippen LogP contribution in [0.2, 0.25) is 0 Å². The molecule has 2 N–H and O–H groups in total. The summed E-state index contributed by atoms with van der Waals surface area (Å²) in [5, 5.41) is 0. The molecule has 88 valence electrons. The molecule has 0 aromatic heterocycles. The Morgan fingerprint density at radius 3 is 2.75 bits per heavy atom. The molecule has 1 aromatic rings. The third-order valence-electron chi connectivity index (χ3n) is 2.74. The Morgan fingerprint density at radius 1 is 1.31 bits per heavy atom. The van der Waals surface area contributed by atoms with Gasteiger partial charge >= 0.3 is 6.36 Å². The molecular formula is C11H12F3NO. The second kappa shape index (κ2) is 3.97. The summed E-state index contributed by atoms with van der Waals surface area (Å²) >= 11 is 0. The molecule has 0 bridgehead atoms. The van der Waals surface area contributed by atoms with Crippen molar-refractivity contribution in [3.05, 3.63) is 29.3 Å². The number of halogens is 3. The van der Waals surface area contributed by atoms with Crippen molar-refractivity contribution in [2.24, 2.45) is 5.73 Å². The van der Waals surface area contributed by atoms with E-state index in [1.165, 1.54) is 6.07 Å². The number of fused-ring (bicyclic) bond motifs is 1. The molecule has 16 heavy (non-hydrogen) atoms. The topological polar surface area (TPSA) is 35.2 Å². The predicted octanol–water partition coefficient (Wildman–Crippen LogP) is 2.92. The molecule has 0 fully saturated rings. The van der Waals surface area contributed by atoms with E-state index in [-0.39, 0.29) is 11.8 Å². The van der Waals surface area contributed by atoms with Crippen LogP contribution >= 0.6 is 0 Å². The van der Waals surface area contributed by atoms with E-state index < -0.39 is 6.36 Å². The fourth-order valence-corrected chi connectivity index (χ4v) is 2.07. The molecule has 0 saturated heterocycles. The van der Waals surface area contributed by atoms with Crippen LogP contribution in [0.15, 0.2) is 18.2 Å². The highest BCUT2D eigenvalue weighted by atomic mass is 19.4. The smallest absolute Gasteiger partial charge is 0.405 e. The van der Waals surface area contributed by atoms with E-state index in [0.717, 1.165) is 18.4 Å². The number of rotatable bonds is 1. The van der Waals surface area contributed by atoms with Crippen LogP contribution in [0.5, 0.6) is 5.75 Å². The molecule has 0 amide bonds. The molecule has 0 heterocycles. The Morgan fingerprint density at radius 2 is 2.06 bits per heavy atom. The zero-order chi connectivity index (χ0) is 11.8. The summed E-state index contributed by atoms with van der Waals surface area (Å²) < 4.78 is 40.5. The number of hydrogen-bond acceptors (Lipinski definition) is 2. The highest BCUT2D eigenvalue weighted by Gasteiger charge is 2.33. The van der Waals surface area contributed by atoms with Crippen molar-refractivity contribution in [3.63, 3.8) is 0 Å². The Kier molecular flexibility index (Phi) is 2.80. The number of hydrogen-bond donors (Lipinski definition) is 1. The molecule has 2 rings (SSSR count). The molecule has 2 nitrogen and oxygen atoms in total. The van der Waals surface area contributed by atoms with Gasteiger partial charge in [0.25, 0.3) is 0 Å². The van der Waals surface area contributed by atoms with Gasteiger partial charge < -0.3 is 10.5 Å².